The van der Waals surface area contributed by atoms with Gasteiger partial charge in [-0.15, -0.1) is 0 Å². The molecule has 0 unspecified atom stereocenters. The highest BCUT2D eigenvalue weighted by molar-refractivity contribution is 6.30. The molecule has 1 aliphatic carbocycles. The van der Waals surface area contributed by atoms with E-state index in [1.807, 2.05) is 18.2 Å². The van der Waals surface area contributed by atoms with Crippen LogP contribution >= 0.6 is 11.6 Å². The van der Waals surface area contributed by atoms with E-state index in [0.29, 0.717) is 10.6 Å². The van der Waals surface area contributed by atoms with Crippen molar-refractivity contribution < 1.29 is 4.42 Å². The Labute approximate surface area is 119 Å². The van der Waals surface area contributed by atoms with E-state index in [-0.39, 0.29) is 0 Å². The SMILES string of the molecule is CCC1(CNCc2c(Cl)oc3ccccc23)CCC1. The van der Waals surface area contributed by atoms with Crippen molar-refractivity contribution in [3.8, 4) is 0 Å². The van der Waals surface area contributed by atoms with Crippen LogP contribution in [0.5, 0.6) is 0 Å². The van der Waals surface area contributed by atoms with Crippen LogP contribution in [0.1, 0.15) is 38.2 Å². The Kier molecular flexibility index (Phi) is 3.55. The van der Waals surface area contributed by atoms with Crippen LogP contribution < -0.4 is 5.32 Å². The predicted molar refractivity (Wildman–Crippen MR) is 79.5 cm³/mol. The molecule has 0 amide bonds. The highest BCUT2D eigenvalue weighted by Crippen LogP contribution is 2.43. The average molecular weight is 278 g/mol. The molecule has 0 atom stereocenters. The summed E-state index contributed by atoms with van der Waals surface area (Å²) in [5.74, 6) is 0. The second-order valence-corrected chi connectivity index (χ2v) is 6.00. The van der Waals surface area contributed by atoms with E-state index in [4.69, 9.17) is 16.0 Å². The third kappa shape index (κ3) is 2.39. The fourth-order valence-electron chi connectivity index (χ4n) is 3.02. The number of fused-ring (bicyclic) bond motifs is 1. The molecular formula is C16H20ClNO. The Balaban J connectivity index is 1.70. The number of benzene rings is 1. The molecular weight excluding hydrogens is 258 g/mol. The Morgan fingerprint density at radius 1 is 1.32 bits per heavy atom. The third-order valence-corrected chi connectivity index (χ3v) is 4.92. The minimum absolute atomic E-state index is 0.521. The topological polar surface area (TPSA) is 25.2 Å². The van der Waals surface area contributed by atoms with Gasteiger partial charge in [0.15, 0.2) is 5.22 Å². The molecule has 3 rings (SSSR count). The van der Waals surface area contributed by atoms with Gasteiger partial charge in [-0.1, -0.05) is 31.5 Å². The van der Waals surface area contributed by atoms with E-state index >= 15 is 0 Å². The van der Waals surface area contributed by atoms with E-state index < -0.39 is 0 Å². The lowest BCUT2D eigenvalue weighted by Crippen LogP contribution is -2.39. The van der Waals surface area contributed by atoms with Crippen molar-refractivity contribution in [1.82, 2.24) is 5.32 Å². The second-order valence-electron chi connectivity index (χ2n) is 5.66. The summed E-state index contributed by atoms with van der Waals surface area (Å²) in [6, 6.07) is 8.03. The van der Waals surface area contributed by atoms with Crippen molar-refractivity contribution in [2.75, 3.05) is 6.54 Å². The van der Waals surface area contributed by atoms with Crippen molar-refractivity contribution in [2.24, 2.45) is 5.41 Å². The van der Waals surface area contributed by atoms with E-state index in [1.165, 1.54) is 25.7 Å². The first-order chi connectivity index (χ1) is 9.24. The maximum Gasteiger partial charge on any atom is 0.199 e. The summed E-state index contributed by atoms with van der Waals surface area (Å²) >= 11 is 6.19. The molecule has 2 nitrogen and oxygen atoms in total. The second kappa shape index (κ2) is 5.18. The molecule has 1 aliphatic rings. The average Bonchev–Trinajstić information content (AvgIpc) is 2.69. The monoisotopic (exact) mass is 277 g/mol. The number of nitrogens with one attached hydrogen (secondary N) is 1. The normalized spacial score (nSPS) is 17.6. The van der Waals surface area contributed by atoms with Gasteiger partial charge in [0.05, 0.1) is 0 Å². The highest BCUT2D eigenvalue weighted by Gasteiger charge is 2.34. The molecule has 102 valence electrons. The van der Waals surface area contributed by atoms with Gasteiger partial charge in [0.25, 0.3) is 0 Å². The fourth-order valence-corrected chi connectivity index (χ4v) is 3.27. The lowest BCUT2D eigenvalue weighted by Gasteiger charge is -2.41. The molecule has 1 heterocycles. The zero-order valence-corrected chi connectivity index (χ0v) is 12.1. The van der Waals surface area contributed by atoms with Crippen molar-refractivity contribution in [1.29, 1.82) is 0 Å². The molecule has 0 spiro atoms. The molecule has 0 radical (unpaired) electrons. The van der Waals surface area contributed by atoms with Gasteiger partial charge in [-0.25, -0.2) is 0 Å². The number of halogens is 1. The Bertz CT molecular complexity index is 566. The molecule has 1 aromatic heterocycles. The van der Waals surface area contributed by atoms with Gasteiger partial charge in [-0.05, 0) is 42.3 Å². The molecule has 1 N–H and O–H groups in total. The van der Waals surface area contributed by atoms with E-state index in [0.717, 1.165) is 29.6 Å². The van der Waals surface area contributed by atoms with Crippen molar-refractivity contribution >= 4 is 22.6 Å². The molecule has 1 fully saturated rings. The standard InChI is InChI=1S/C16H20ClNO/c1-2-16(8-5-9-16)11-18-10-13-12-6-3-4-7-14(12)19-15(13)17/h3-4,6-7,18H,2,5,8-11H2,1H3. The van der Waals surface area contributed by atoms with Gasteiger partial charge in [0.1, 0.15) is 5.58 Å². The lowest BCUT2D eigenvalue weighted by atomic mass is 9.67. The van der Waals surface area contributed by atoms with Gasteiger partial charge in [0.2, 0.25) is 0 Å². The lowest BCUT2D eigenvalue weighted by molar-refractivity contribution is 0.124. The number of rotatable bonds is 5. The van der Waals surface area contributed by atoms with Gasteiger partial charge in [0, 0.05) is 24.0 Å². The molecule has 0 aliphatic heterocycles. The first kappa shape index (κ1) is 13.0. The molecule has 1 saturated carbocycles. The number of para-hydroxylation sites is 1. The Morgan fingerprint density at radius 2 is 2.11 bits per heavy atom. The zero-order valence-electron chi connectivity index (χ0n) is 11.3. The van der Waals surface area contributed by atoms with E-state index in [2.05, 4.69) is 18.3 Å². The van der Waals surface area contributed by atoms with Crippen LogP contribution in [0.3, 0.4) is 0 Å². The number of hydrogen-bond donors (Lipinski definition) is 1. The quantitative estimate of drug-likeness (QED) is 0.853. The first-order valence-corrected chi connectivity index (χ1v) is 7.48. The van der Waals surface area contributed by atoms with Gasteiger partial charge >= 0.3 is 0 Å². The smallest absolute Gasteiger partial charge is 0.199 e. The van der Waals surface area contributed by atoms with Gasteiger partial charge < -0.3 is 9.73 Å². The predicted octanol–water partition coefficient (Wildman–Crippen LogP) is 4.76. The fraction of sp³-hybridized carbons (Fsp3) is 0.500. The van der Waals surface area contributed by atoms with Gasteiger partial charge in [-0.2, -0.15) is 0 Å². The van der Waals surface area contributed by atoms with Crippen molar-refractivity contribution in [3.63, 3.8) is 0 Å². The van der Waals surface area contributed by atoms with Crippen molar-refractivity contribution in [2.45, 2.75) is 39.2 Å². The molecule has 19 heavy (non-hydrogen) atoms. The molecule has 1 aromatic carbocycles. The summed E-state index contributed by atoms with van der Waals surface area (Å²) in [5, 5.41) is 5.22. The third-order valence-electron chi connectivity index (χ3n) is 4.61. The van der Waals surface area contributed by atoms with Crippen LogP contribution in [-0.4, -0.2) is 6.54 Å². The molecule has 0 saturated heterocycles. The molecule has 0 bridgehead atoms. The maximum atomic E-state index is 6.19. The Hall–Kier alpha value is -0.990. The van der Waals surface area contributed by atoms with Crippen LogP contribution in [0.2, 0.25) is 5.22 Å². The minimum atomic E-state index is 0.521. The van der Waals surface area contributed by atoms with E-state index in [1.54, 1.807) is 0 Å². The summed E-state index contributed by atoms with van der Waals surface area (Å²) < 4.78 is 5.57. The maximum absolute atomic E-state index is 6.19. The summed E-state index contributed by atoms with van der Waals surface area (Å²) in [6.07, 6.45) is 5.36. The van der Waals surface area contributed by atoms with Crippen molar-refractivity contribution in [3.05, 3.63) is 35.0 Å². The highest BCUT2D eigenvalue weighted by atomic mass is 35.5. The number of furan rings is 1. The summed E-state index contributed by atoms with van der Waals surface area (Å²) in [4.78, 5) is 0. The summed E-state index contributed by atoms with van der Waals surface area (Å²) in [6.45, 7) is 4.16. The summed E-state index contributed by atoms with van der Waals surface area (Å²) in [5.41, 5.74) is 2.49. The van der Waals surface area contributed by atoms with Crippen LogP contribution in [0, 0.1) is 5.41 Å². The Morgan fingerprint density at radius 3 is 2.79 bits per heavy atom. The van der Waals surface area contributed by atoms with Gasteiger partial charge in [-0.3, -0.25) is 0 Å². The van der Waals surface area contributed by atoms with Crippen LogP contribution in [-0.2, 0) is 6.54 Å². The first-order valence-electron chi connectivity index (χ1n) is 7.11. The zero-order chi connectivity index (χ0) is 13.3. The van der Waals surface area contributed by atoms with Crippen LogP contribution in [0.4, 0.5) is 0 Å². The summed E-state index contributed by atoms with van der Waals surface area (Å²) in [7, 11) is 0. The largest absolute Gasteiger partial charge is 0.444 e. The van der Waals surface area contributed by atoms with Crippen LogP contribution in [0.25, 0.3) is 11.0 Å². The van der Waals surface area contributed by atoms with Crippen LogP contribution in [0.15, 0.2) is 28.7 Å². The van der Waals surface area contributed by atoms with E-state index in [9.17, 15) is 0 Å². The molecule has 3 heteroatoms. The minimum Gasteiger partial charge on any atom is -0.444 e. The number of hydrogen-bond acceptors (Lipinski definition) is 2. The molecule has 2 aromatic rings.